The quantitative estimate of drug-likeness (QED) is 0.451. The molecule has 10 heteroatoms. The Kier molecular flexibility index (Phi) is 5.27. The molecule has 1 atom stereocenters. The van der Waals surface area contributed by atoms with E-state index in [1.807, 2.05) is 0 Å². The van der Waals surface area contributed by atoms with Crippen molar-refractivity contribution in [3.63, 3.8) is 0 Å². The van der Waals surface area contributed by atoms with Crippen LogP contribution in [0, 0.1) is 6.92 Å². The van der Waals surface area contributed by atoms with Gasteiger partial charge in [-0.15, -0.1) is 11.3 Å². The normalized spacial score (nSPS) is 16.4. The fourth-order valence-corrected chi connectivity index (χ4v) is 4.83. The number of esters is 1. The predicted molar refractivity (Wildman–Crippen MR) is 110 cm³/mol. The van der Waals surface area contributed by atoms with Crippen molar-refractivity contribution in [1.82, 2.24) is 4.98 Å². The molecule has 1 aliphatic rings. The lowest BCUT2D eigenvalue weighted by atomic mass is 10.0. The number of thiophene rings is 1. The van der Waals surface area contributed by atoms with Crippen LogP contribution in [-0.4, -0.2) is 34.4 Å². The summed E-state index contributed by atoms with van der Waals surface area (Å²) >= 11 is 2.16. The zero-order valence-electron chi connectivity index (χ0n) is 15.9. The lowest BCUT2D eigenvalue weighted by Gasteiger charge is -2.22. The first-order valence-corrected chi connectivity index (χ1v) is 10.7. The van der Waals surface area contributed by atoms with Crippen molar-refractivity contribution in [3.8, 4) is 0 Å². The van der Waals surface area contributed by atoms with Crippen molar-refractivity contribution in [3.05, 3.63) is 68.4 Å². The lowest BCUT2D eigenvalue weighted by Crippen LogP contribution is -2.30. The number of hydrogen-bond donors (Lipinski definition) is 1. The largest absolute Gasteiger partial charge is 0.503 e. The van der Waals surface area contributed by atoms with Gasteiger partial charge < -0.3 is 14.3 Å². The van der Waals surface area contributed by atoms with Gasteiger partial charge in [0.05, 0.1) is 29.0 Å². The molecule has 1 aliphatic heterocycles. The van der Waals surface area contributed by atoms with Crippen LogP contribution in [0.1, 0.15) is 43.8 Å². The topological polar surface area (TPSA) is 110 Å². The monoisotopic (exact) mass is 444 g/mol. The van der Waals surface area contributed by atoms with Gasteiger partial charge in [0.15, 0.2) is 10.9 Å². The van der Waals surface area contributed by atoms with Crippen molar-refractivity contribution in [1.29, 1.82) is 0 Å². The van der Waals surface area contributed by atoms with Gasteiger partial charge in [0.25, 0.3) is 5.91 Å². The fourth-order valence-electron chi connectivity index (χ4n) is 3.16. The number of thiazole rings is 1. The van der Waals surface area contributed by atoms with Crippen LogP contribution in [0.4, 0.5) is 5.13 Å². The Hall–Kier alpha value is -3.24. The van der Waals surface area contributed by atoms with Gasteiger partial charge >= 0.3 is 5.97 Å². The van der Waals surface area contributed by atoms with E-state index in [9.17, 15) is 19.5 Å². The van der Waals surface area contributed by atoms with E-state index >= 15 is 0 Å². The summed E-state index contributed by atoms with van der Waals surface area (Å²) in [6.45, 7) is 3.52. The van der Waals surface area contributed by atoms with E-state index in [0.717, 1.165) is 11.3 Å². The molecule has 0 aromatic carbocycles. The van der Waals surface area contributed by atoms with Crippen LogP contribution in [-0.2, 0) is 9.53 Å². The van der Waals surface area contributed by atoms with Crippen LogP contribution in [0.2, 0.25) is 0 Å². The van der Waals surface area contributed by atoms with Crippen LogP contribution < -0.4 is 4.90 Å². The lowest BCUT2D eigenvalue weighted by molar-refractivity contribution is -0.117. The molecular formula is C20H16N2O6S2. The van der Waals surface area contributed by atoms with Gasteiger partial charge in [-0.3, -0.25) is 14.5 Å². The Morgan fingerprint density at radius 2 is 2.13 bits per heavy atom. The SMILES string of the molecule is CCOC(=O)c1sc(N2C(=O)C(O)=C(C(=O)c3cccs3)[C@H]2c2ccco2)nc1C. The van der Waals surface area contributed by atoms with Gasteiger partial charge in [0, 0.05) is 0 Å². The van der Waals surface area contributed by atoms with Crippen LogP contribution in [0.5, 0.6) is 0 Å². The highest BCUT2D eigenvalue weighted by Crippen LogP contribution is 2.44. The highest BCUT2D eigenvalue weighted by atomic mass is 32.1. The zero-order valence-corrected chi connectivity index (χ0v) is 17.6. The third kappa shape index (κ3) is 3.23. The molecule has 8 nitrogen and oxygen atoms in total. The van der Waals surface area contributed by atoms with E-state index in [-0.39, 0.29) is 27.9 Å². The Bertz CT molecular complexity index is 1140. The number of ether oxygens (including phenoxy) is 1. The second-order valence-electron chi connectivity index (χ2n) is 6.29. The van der Waals surface area contributed by atoms with E-state index < -0.39 is 29.5 Å². The Morgan fingerprint density at radius 3 is 2.77 bits per heavy atom. The van der Waals surface area contributed by atoms with Crippen LogP contribution in [0.3, 0.4) is 0 Å². The molecule has 1 N–H and O–H groups in total. The minimum Gasteiger partial charge on any atom is -0.503 e. The highest BCUT2D eigenvalue weighted by molar-refractivity contribution is 7.17. The summed E-state index contributed by atoms with van der Waals surface area (Å²) in [5.74, 6) is -2.19. The third-order valence-electron chi connectivity index (χ3n) is 4.46. The molecule has 0 aliphatic carbocycles. The molecule has 0 saturated carbocycles. The zero-order chi connectivity index (χ0) is 21.4. The standard InChI is InChI=1S/C20H16N2O6S2/c1-3-27-19(26)17-10(2)21-20(30-17)22-14(11-6-4-8-28-11)13(16(24)18(22)25)15(23)12-7-5-9-29-12/h4-9,14,24H,3H2,1-2H3/t14-/m1/s1. The van der Waals surface area contributed by atoms with Crippen LogP contribution >= 0.6 is 22.7 Å². The van der Waals surface area contributed by atoms with E-state index in [0.29, 0.717) is 10.6 Å². The Balaban J connectivity index is 1.81. The van der Waals surface area contributed by atoms with Crippen molar-refractivity contribution in [2.75, 3.05) is 11.5 Å². The number of nitrogens with zero attached hydrogens (tertiary/aromatic N) is 2. The minimum absolute atomic E-state index is 0.0945. The number of anilines is 1. The maximum Gasteiger partial charge on any atom is 0.350 e. The second kappa shape index (κ2) is 7.88. The first kappa shape index (κ1) is 20.0. The molecule has 0 fully saturated rings. The number of hydrogen-bond acceptors (Lipinski definition) is 9. The molecule has 30 heavy (non-hydrogen) atoms. The number of aryl methyl sites for hydroxylation is 1. The molecular weight excluding hydrogens is 428 g/mol. The summed E-state index contributed by atoms with van der Waals surface area (Å²) in [7, 11) is 0. The molecule has 0 unspecified atom stereocenters. The fraction of sp³-hybridized carbons (Fsp3) is 0.200. The summed E-state index contributed by atoms with van der Waals surface area (Å²) in [6.07, 6.45) is 1.41. The summed E-state index contributed by atoms with van der Waals surface area (Å²) in [5, 5.41) is 12.5. The number of Topliss-reactive ketones (excluding diaryl/α,β-unsaturated/α-hetero) is 1. The highest BCUT2D eigenvalue weighted by Gasteiger charge is 2.47. The predicted octanol–water partition coefficient (Wildman–Crippen LogP) is 4.07. The average Bonchev–Trinajstić information content (AvgIpc) is 3.50. The maximum absolute atomic E-state index is 13.1. The van der Waals surface area contributed by atoms with Gasteiger partial charge in [0.1, 0.15) is 16.7 Å². The Morgan fingerprint density at radius 1 is 1.33 bits per heavy atom. The van der Waals surface area contributed by atoms with E-state index in [2.05, 4.69) is 4.98 Å². The minimum atomic E-state index is -1.01. The first-order valence-electron chi connectivity index (χ1n) is 8.96. The number of carbonyl (C=O) groups excluding carboxylic acids is 3. The summed E-state index contributed by atoms with van der Waals surface area (Å²) in [5.41, 5.74) is 0.292. The molecule has 154 valence electrons. The van der Waals surface area contributed by atoms with Gasteiger partial charge in [-0.1, -0.05) is 17.4 Å². The van der Waals surface area contributed by atoms with Crippen molar-refractivity contribution in [2.24, 2.45) is 0 Å². The summed E-state index contributed by atoms with van der Waals surface area (Å²) < 4.78 is 10.5. The summed E-state index contributed by atoms with van der Waals surface area (Å²) in [6, 6.07) is 5.55. The third-order valence-corrected chi connectivity index (χ3v) is 6.47. The van der Waals surface area contributed by atoms with Gasteiger partial charge in [-0.2, -0.15) is 0 Å². The summed E-state index contributed by atoms with van der Waals surface area (Å²) in [4.78, 5) is 44.4. The molecule has 1 amide bonds. The van der Waals surface area contributed by atoms with E-state index in [4.69, 9.17) is 9.15 Å². The van der Waals surface area contributed by atoms with E-state index in [1.54, 1.807) is 43.5 Å². The molecule has 3 aromatic rings. The molecule has 4 rings (SSSR count). The smallest absolute Gasteiger partial charge is 0.350 e. The van der Waals surface area contributed by atoms with Crippen LogP contribution in [0.15, 0.2) is 51.7 Å². The van der Waals surface area contributed by atoms with E-state index in [1.165, 1.54) is 22.5 Å². The number of carbonyl (C=O) groups is 3. The number of aliphatic hydroxyl groups is 1. The number of furan rings is 1. The molecule has 0 radical (unpaired) electrons. The maximum atomic E-state index is 13.1. The molecule has 0 saturated heterocycles. The molecule has 4 heterocycles. The molecule has 0 spiro atoms. The second-order valence-corrected chi connectivity index (χ2v) is 8.22. The van der Waals surface area contributed by atoms with Gasteiger partial charge in [-0.25, -0.2) is 9.78 Å². The number of rotatable bonds is 6. The van der Waals surface area contributed by atoms with Crippen molar-refractivity contribution >= 4 is 45.5 Å². The molecule has 3 aromatic heterocycles. The average molecular weight is 444 g/mol. The van der Waals surface area contributed by atoms with Crippen LogP contribution in [0.25, 0.3) is 0 Å². The molecule has 0 bridgehead atoms. The number of ketones is 1. The Labute approximate surface area is 179 Å². The van der Waals surface area contributed by atoms with Gasteiger partial charge in [-0.05, 0) is 37.4 Å². The number of aliphatic hydroxyl groups excluding tert-OH is 1. The van der Waals surface area contributed by atoms with Crippen molar-refractivity contribution in [2.45, 2.75) is 19.9 Å². The van der Waals surface area contributed by atoms with Gasteiger partial charge in [0.2, 0.25) is 5.78 Å². The first-order chi connectivity index (χ1) is 14.4. The van der Waals surface area contributed by atoms with Crippen molar-refractivity contribution < 1.29 is 28.6 Å². The number of aromatic nitrogens is 1. The number of amides is 1.